The second-order valence-electron chi connectivity index (χ2n) is 10.6. The van der Waals surface area contributed by atoms with E-state index in [0.717, 1.165) is 29.1 Å². The van der Waals surface area contributed by atoms with Gasteiger partial charge in [0.2, 0.25) is 0 Å². The van der Waals surface area contributed by atoms with Crippen molar-refractivity contribution in [1.82, 2.24) is 9.38 Å². The van der Waals surface area contributed by atoms with Crippen LogP contribution >= 0.6 is 23.2 Å². The van der Waals surface area contributed by atoms with Crippen LogP contribution in [0.15, 0.2) is 71.8 Å². The van der Waals surface area contributed by atoms with Gasteiger partial charge >= 0.3 is 10.1 Å². The van der Waals surface area contributed by atoms with E-state index in [2.05, 4.69) is 39.9 Å². The van der Waals surface area contributed by atoms with E-state index in [0.29, 0.717) is 0 Å². The van der Waals surface area contributed by atoms with Gasteiger partial charge in [-0.15, -0.1) is 0 Å². The molecule has 9 heteroatoms. The number of hydrogen-bond acceptors (Lipinski definition) is 5. The Kier molecular flexibility index (Phi) is 7.03. The molecule has 0 bridgehead atoms. The van der Waals surface area contributed by atoms with E-state index in [1.54, 1.807) is 24.3 Å². The molecule has 0 saturated heterocycles. The first kappa shape index (κ1) is 26.3. The maximum atomic E-state index is 12.8. The lowest BCUT2D eigenvalue weighted by molar-refractivity contribution is 0.302. The predicted octanol–water partition coefficient (Wildman–Crippen LogP) is 7.70. The van der Waals surface area contributed by atoms with Crippen molar-refractivity contribution >= 4 is 44.8 Å². The van der Waals surface area contributed by atoms with Gasteiger partial charge in [0.25, 0.3) is 0 Å². The molecule has 0 aliphatic rings. The molecule has 4 aromatic rings. The van der Waals surface area contributed by atoms with Gasteiger partial charge in [0.15, 0.2) is 0 Å². The van der Waals surface area contributed by atoms with Gasteiger partial charge in [-0.2, -0.15) is 8.42 Å². The Morgan fingerprint density at radius 3 is 2.33 bits per heavy atom. The molecule has 0 amide bonds. The Hall–Kier alpha value is -2.74. The molecule has 2 aromatic heterocycles. The normalized spacial score (nSPS) is 12.6. The minimum Gasteiger partial charge on any atom is -0.379 e. The van der Waals surface area contributed by atoms with Gasteiger partial charge in [-0.25, -0.2) is 4.98 Å². The Labute approximate surface area is 222 Å². The number of benzene rings is 2. The summed E-state index contributed by atoms with van der Waals surface area (Å²) in [6.45, 7) is 11.0. The molecule has 6 nitrogen and oxygen atoms in total. The fraction of sp³-hybridized carbons (Fsp3) is 0.296. The molecule has 0 aliphatic heterocycles. The molecule has 0 unspecified atom stereocenters. The van der Waals surface area contributed by atoms with Gasteiger partial charge in [-0.05, 0) is 80.3 Å². The minimum absolute atomic E-state index is 0.0364. The van der Waals surface area contributed by atoms with E-state index in [1.165, 1.54) is 18.2 Å². The molecule has 1 N–H and O–H groups in total. The third-order valence-corrected chi connectivity index (χ3v) is 7.42. The molecule has 0 spiro atoms. The van der Waals surface area contributed by atoms with Crippen molar-refractivity contribution in [3.63, 3.8) is 0 Å². The average molecular weight is 547 g/mol. The maximum absolute atomic E-state index is 12.8. The number of hydrogen-bond donors (Lipinski definition) is 1. The van der Waals surface area contributed by atoms with Crippen molar-refractivity contribution in [2.45, 2.75) is 51.5 Å². The third kappa shape index (κ3) is 5.97. The smallest absolute Gasteiger partial charge is 0.340 e. The SMILES string of the molecule is CC(C)(C)CC(C)(C)Nc1c(-c2ccc(OS(=O)(=O)c3cc(Cl)ccc3Cl)cc2)nc2ccccn12. The summed E-state index contributed by atoms with van der Waals surface area (Å²) in [4.78, 5) is 4.66. The molecule has 0 fully saturated rings. The van der Waals surface area contributed by atoms with Crippen LogP contribution < -0.4 is 9.50 Å². The molecule has 0 atom stereocenters. The van der Waals surface area contributed by atoms with Gasteiger partial charge in [-0.1, -0.05) is 50.0 Å². The first-order chi connectivity index (χ1) is 16.7. The molecule has 0 aliphatic carbocycles. The first-order valence-electron chi connectivity index (χ1n) is 11.5. The van der Waals surface area contributed by atoms with Gasteiger partial charge in [0.1, 0.15) is 27.8 Å². The number of fused-ring (bicyclic) bond motifs is 1. The summed E-state index contributed by atoms with van der Waals surface area (Å²) in [6, 6.07) is 16.8. The molecule has 2 heterocycles. The summed E-state index contributed by atoms with van der Waals surface area (Å²) in [5, 5.41) is 3.98. The zero-order valence-corrected chi connectivity index (χ0v) is 23.2. The quantitative estimate of drug-likeness (QED) is 0.241. The van der Waals surface area contributed by atoms with Crippen molar-refractivity contribution < 1.29 is 12.6 Å². The predicted molar refractivity (Wildman–Crippen MR) is 147 cm³/mol. The molecular formula is C27H29Cl2N3O3S. The molecule has 190 valence electrons. The lowest BCUT2D eigenvalue weighted by Crippen LogP contribution is -2.36. The Balaban J connectivity index is 1.67. The van der Waals surface area contributed by atoms with Crippen LogP contribution in [0.25, 0.3) is 16.9 Å². The molecular weight excluding hydrogens is 517 g/mol. The molecule has 36 heavy (non-hydrogen) atoms. The summed E-state index contributed by atoms with van der Waals surface area (Å²) in [7, 11) is -4.16. The largest absolute Gasteiger partial charge is 0.379 e. The van der Waals surface area contributed by atoms with E-state index in [9.17, 15) is 8.42 Å². The highest BCUT2D eigenvalue weighted by atomic mass is 35.5. The highest BCUT2D eigenvalue weighted by molar-refractivity contribution is 7.87. The van der Waals surface area contributed by atoms with Gasteiger partial charge < -0.3 is 9.50 Å². The number of aromatic nitrogens is 2. The zero-order chi connectivity index (χ0) is 26.3. The van der Waals surface area contributed by atoms with E-state index < -0.39 is 10.1 Å². The van der Waals surface area contributed by atoms with Crippen LogP contribution in [0.1, 0.15) is 41.0 Å². The van der Waals surface area contributed by atoms with Crippen molar-refractivity contribution in [1.29, 1.82) is 0 Å². The van der Waals surface area contributed by atoms with Crippen LogP contribution in [-0.2, 0) is 10.1 Å². The molecule has 0 saturated carbocycles. The standard InChI is InChI=1S/C27H29Cl2N3O3S/c1-26(2,3)17-27(4,5)31-25-24(30-23-8-6-7-15-32(23)25)18-9-12-20(13-10-18)35-36(33,34)22-16-19(28)11-14-21(22)29/h6-16,31H,17H2,1-5H3. The van der Waals surface area contributed by atoms with Crippen LogP contribution in [0.4, 0.5) is 5.82 Å². The van der Waals surface area contributed by atoms with E-state index in [-0.39, 0.29) is 31.6 Å². The van der Waals surface area contributed by atoms with Gasteiger partial charge in [0.05, 0.1) is 5.02 Å². The van der Waals surface area contributed by atoms with Crippen LogP contribution in [0.3, 0.4) is 0 Å². The Morgan fingerprint density at radius 1 is 0.972 bits per heavy atom. The Morgan fingerprint density at radius 2 is 1.67 bits per heavy atom. The number of halogens is 2. The number of nitrogens with one attached hydrogen (secondary N) is 1. The molecule has 2 aromatic carbocycles. The summed E-state index contributed by atoms with van der Waals surface area (Å²) < 4.78 is 32.9. The first-order valence-corrected chi connectivity index (χ1v) is 13.7. The van der Waals surface area contributed by atoms with E-state index in [4.69, 9.17) is 32.4 Å². The zero-order valence-electron chi connectivity index (χ0n) is 20.8. The molecule has 4 rings (SSSR count). The summed E-state index contributed by atoms with van der Waals surface area (Å²) in [6.07, 6.45) is 2.91. The van der Waals surface area contributed by atoms with Crippen LogP contribution in [0, 0.1) is 5.41 Å². The summed E-state index contributed by atoms with van der Waals surface area (Å²) in [5.41, 5.74) is 2.31. The number of anilines is 1. The topological polar surface area (TPSA) is 72.7 Å². The van der Waals surface area contributed by atoms with Crippen LogP contribution in [0.5, 0.6) is 5.75 Å². The van der Waals surface area contributed by atoms with Crippen molar-refractivity contribution in [3.05, 3.63) is 76.9 Å². The lowest BCUT2D eigenvalue weighted by Gasteiger charge is -2.34. The maximum Gasteiger partial charge on any atom is 0.340 e. The summed E-state index contributed by atoms with van der Waals surface area (Å²) in [5.74, 6) is 1.02. The third-order valence-electron chi connectivity index (χ3n) is 5.46. The number of rotatable bonds is 7. The van der Waals surface area contributed by atoms with E-state index >= 15 is 0 Å². The average Bonchev–Trinajstić information content (AvgIpc) is 3.11. The van der Waals surface area contributed by atoms with Crippen molar-refractivity contribution in [3.8, 4) is 17.0 Å². The van der Waals surface area contributed by atoms with Crippen LogP contribution in [-0.4, -0.2) is 23.3 Å². The highest BCUT2D eigenvalue weighted by Gasteiger charge is 2.28. The lowest BCUT2D eigenvalue weighted by atomic mass is 9.82. The monoisotopic (exact) mass is 545 g/mol. The number of pyridine rings is 1. The van der Waals surface area contributed by atoms with Gasteiger partial charge in [0, 0.05) is 22.3 Å². The number of nitrogens with zero attached hydrogens (tertiary/aromatic N) is 2. The molecule has 0 radical (unpaired) electrons. The van der Waals surface area contributed by atoms with Crippen molar-refractivity contribution in [2.24, 2.45) is 5.41 Å². The van der Waals surface area contributed by atoms with E-state index in [1.807, 2.05) is 28.8 Å². The van der Waals surface area contributed by atoms with Crippen molar-refractivity contribution in [2.75, 3.05) is 5.32 Å². The minimum atomic E-state index is -4.16. The fourth-order valence-electron chi connectivity index (χ4n) is 4.52. The second-order valence-corrected chi connectivity index (χ2v) is 13.0. The summed E-state index contributed by atoms with van der Waals surface area (Å²) >= 11 is 12.0. The van der Waals surface area contributed by atoms with Gasteiger partial charge in [-0.3, -0.25) is 4.40 Å². The second kappa shape index (κ2) is 9.61. The fourth-order valence-corrected chi connectivity index (χ4v) is 6.19. The highest BCUT2D eigenvalue weighted by Crippen LogP contribution is 2.36. The van der Waals surface area contributed by atoms with Crippen LogP contribution in [0.2, 0.25) is 10.0 Å². The Bertz CT molecular complexity index is 1510. The number of imidazole rings is 1.